The molecule has 2 aromatic rings. The van der Waals surface area contributed by atoms with E-state index >= 15 is 0 Å². The lowest BCUT2D eigenvalue weighted by atomic mass is 9.97. The summed E-state index contributed by atoms with van der Waals surface area (Å²) < 4.78 is 22.2. The van der Waals surface area contributed by atoms with Gasteiger partial charge in [0.2, 0.25) is 0 Å². The van der Waals surface area contributed by atoms with Crippen LogP contribution in [0.3, 0.4) is 0 Å². The Morgan fingerprint density at radius 2 is 1.34 bits per heavy atom. The third-order valence-electron chi connectivity index (χ3n) is 6.49. The van der Waals surface area contributed by atoms with Crippen LogP contribution in [0, 0.1) is 0 Å². The zero-order chi connectivity index (χ0) is 25.1. The highest BCUT2D eigenvalue weighted by atomic mass is 16.7. The molecule has 7 N–H and O–H groups in total. The number of ether oxygens (including phenoxy) is 4. The van der Waals surface area contributed by atoms with Crippen molar-refractivity contribution in [1.29, 1.82) is 0 Å². The largest absolute Gasteiger partial charge is 0.394 e. The quantitative estimate of drug-likeness (QED) is 0.215. The molecular formula is C24H32O11. The van der Waals surface area contributed by atoms with E-state index in [2.05, 4.69) is 0 Å². The van der Waals surface area contributed by atoms with Crippen LogP contribution in [-0.2, 0) is 25.4 Å². The van der Waals surface area contributed by atoms with Crippen molar-refractivity contribution in [3.63, 3.8) is 0 Å². The van der Waals surface area contributed by atoms with E-state index in [0.717, 1.165) is 16.3 Å². The molecule has 0 bridgehead atoms. The zero-order valence-electron chi connectivity index (χ0n) is 18.9. The number of benzene rings is 2. The van der Waals surface area contributed by atoms with Crippen molar-refractivity contribution in [1.82, 2.24) is 0 Å². The molecule has 11 heteroatoms. The van der Waals surface area contributed by atoms with Crippen LogP contribution in [-0.4, -0.2) is 117 Å². The van der Waals surface area contributed by atoms with Crippen molar-refractivity contribution in [3.05, 3.63) is 48.0 Å². The normalized spacial score (nSPS) is 38.0. The predicted octanol–water partition coefficient (Wildman–Crippen LogP) is -1.98. The highest BCUT2D eigenvalue weighted by Crippen LogP contribution is 2.29. The second-order valence-corrected chi connectivity index (χ2v) is 8.76. The summed E-state index contributed by atoms with van der Waals surface area (Å²) in [5.41, 5.74) is 1.04. The molecule has 4 rings (SSSR count). The van der Waals surface area contributed by atoms with Crippen LogP contribution in [0.15, 0.2) is 42.5 Å². The van der Waals surface area contributed by atoms with E-state index in [9.17, 15) is 35.7 Å². The predicted molar refractivity (Wildman–Crippen MR) is 120 cm³/mol. The molecule has 11 nitrogen and oxygen atoms in total. The van der Waals surface area contributed by atoms with Crippen molar-refractivity contribution in [2.24, 2.45) is 0 Å². The van der Waals surface area contributed by atoms with Gasteiger partial charge in [0.1, 0.15) is 48.8 Å². The van der Waals surface area contributed by atoms with Gasteiger partial charge in [-0.25, -0.2) is 0 Å². The summed E-state index contributed by atoms with van der Waals surface area (Å²) in [5.74, 6) is 0. The molecule has 2 aromatic carbocycles. The van der Waals surface area contributed by atoms with Crippen LogP contribution >= 0.6 is 0 Å². The lowest BCUT2D eigenvalue weighted by molar-refractivity contribution is -0.359. The molecule has 0 aliphatic carbocycles. The maximum atomic E-state index is 10.7. The Balaban J connectivity index is 1.38. The molecule has 0 spiro atoms. The Hall–Kier alpha value is -1.74. The lowest BCUT2D eigenvalue weighted by Gasteiger charge is -2.45. The number of hydrogen-bond acceptors (Lipinski definition) is 11. The summed E-state index contributed by atoms with van der Waals surface area (Å²) in [4.78, 5) is 0. The first-order valence-electron chi connectivity index (χ1n) is 11.5. The maximum Gasteiger partial charge on any atom is 0.187 e. The first-order chi connectivity index (χ1) is 16.8. The van der Waals surface area contributed by atoms with Crippen LogP contribution in [0.2, 0.25) is 0 Å². The highest BCUT2D eigenvalue weighted by Gasteiger charge is 2.50. The Kier molecular flexibility index (Phi) is 8.68. The van der Waals surface area contributed by atoms with E-state index in [-0.39, 0.29) is 6.61 Å². The SMILES string of the molecule is OC[C@H]1O[C@@H](O[C@H]2[C@H](O)[C@@H](O)[C@H](OCCc3cccc4ccccc34)O[C@@H]2CO)[C@H](O)[C@@H](O)[C@@H]1O. The standard InChI is InChI=1S/C24H32O11/c25-10-15-17(27)18(28)20(30)24(33-15)35-22-16(11-26)34-23(21(31)19(22)29)32-9-8-13-6-3-5-12-4-1-2-7-14(12)13/h1-7,15-31H,8-11H2/t15-,16-,17-,18+,19-,20-,21-,22-,23-,24+/m1/s1. The fourth-order valence-corrected chi connectivity index (χ4v) is 4.49. The Morgan fingerprint density at radius 1 is 0.686 bits per heavy atom. The van der Waals surface area contributed by atoms with Gasteiger partial charge in [-0.3, -0.25) is 0 Å². The van der Waals surface area contributed by atoms with Gasteiger partial charge in [0, 0.05) is 0 Å². The van der Waals surface area contributed by atoms with Gasteiger partial charge in [-0.2, -0.15) is 0 Å². The second-order valence-electron chi connectivity index (χ2n) is 8.76. The third-order valence-corrected chi connectivity index (χ3v) is 6.49. The lowest BCUT2D eigenvalue weighted by Crippen LogP contribution is -2.64. The molecule has 0 saturated carbocycles. The Labute approximate surface area is 201 Å². The molecule has 35 heavy (non-hydrogen) atoms. The van der Waals surface area contributed by atoms with Crippen LogP contribution in [0.5, 0.6) is 0 Å². The van der Waals surface area contributed by atoms with Crippen molar-refractivity contribution < 1.29 is 54.7 Å². The summed E-state index contributed by atoms with van der Waals surface area (Å²) >= 11 is 0. The third kappa shape index (κ3) is 5.50. The van der Waals surface area contributed by atoms with E-state index in [0.29, 0.717) is 6.42 Å². The second kappa shape index (κ2) is 11.5. The summed E-state index contributed by atoms with van der Waals surface area (Å²) in [6.45, 7) is -1.11. The van der Waals surface area contributed by atoms with Crippen molar-refractivity contribution in [2.75, 3.05) is 19.8 Å². The fraction of sp³-hybridized carbons (Fsp3) is 0.583. The molecule has 194 valence electrons. The first kappa shape index (κ1) is 26.3. The smallest absolute Gasteiger partial charge is 0.187 e. The van der Waals surface area contributed by atoms with E-state index < -0.39 is 74.6 Å². The van der Waals surface area contributed by atoms with E-state index in [1.807, 2.05) is 42.5 Å². The molecule has 2 heterocycles. The fourth-order valence-electron chi connectivity index (χ4n) is 4.49. The number of aliphatic hydroxyl groups excluding tert-OH is 7. The van der Waals surface area contributed by atoms with E-state index in [1.165, 1.54) is 0 Å². The van der Waals surface area contributed by atoms with Gasteiger partial charge in [0.05, 0.1) is 19.8 Å². The van der Waals surface area contributed by atoms with Gasteiger partial charge >= 0.3 is 0 Å². The molecule has 2 saturated heterocycles. The average molecular weight is 497 g/mol. The molecule has 0 amide bonds. The van der Waals surface area contributed by atoms with Crippen molar-refractivity contribution in [3.8, 4) is 0 Å². The van der Waals surface area contributed by atoms with Crippen LogP contribution in [0.1, 0.15) is 5.56 Å². The topological polar surface area (TPSA) is 179 Å². The van der Waals surface area contributed by atoms with Crippen LogP contribution in [0.25, 0.3) is 10.8 Å². The molecule has 2 aliphatic rings. The summed E-state index contributed by atoms with van der Waals surface area (Å²) in [7, 11) is 0. The van der Waals surface area contributed by atoms with Gasteiger partial charge < -0.3 is 54.7 Å². The van der Waals surface area contributed by atoms with Crippen LogP contribution < -0.4 is 0 Å². The van der Waals surface area contributed by atoms with E-state index in [1.54, 1.807) is 0 Å². The first-order valence-corrected chi connectivity index (χ1v) is 11.5. The van der Waals surface area contributed by atoms with Crippen LogP contribution in [0.4, 0.5) is 0 Å². The van der Waals surface area contributed by atoms with Crippen molar-refractivity contribution >= 4 is 10.8 Å². The summed E-state index contributed by atoms with van der Waals surface area (Å²) in [5, 5.41) is 72.6. The number of fused-ring (bicyclic) bond motifs is 1. The maximum absolute atomic E-state index is 10.7. The number of aliphatic hydroxyl groups is 7. The molecule has 0 unspecified atom stereocenters. The minimum Gasteiger partial charge on any atom is -0.394 e. The van der Waals surface area contributed by atoms with Gasteiger partial charge in [0.15, 0.2) is 12.6 Å². The van der Waals surface area contributed by atoms with E-state index in [4.69, 9.17) is 18.9 Å². The van der Waals surface area contributed by atoms with Gasteiger partial charge in [-0.05, 0) is 22.8 Å². The molecule has 0 radical (unpaired) electrons. The molecule has 0 aromatic heterocycles. The Morgan fingerprint density at radius 3 is 2.09 bits per heavy atom. The Bertz CT molecular complexity index is 949. The zero-order valence-corrected chi connectivity index (χ0v) is 18.9. The molecule has 2 aliphatic heterocycles. The molecule has 10 atom stereocenters. The van der Waals surface area contributed by atoms with Gasteiger partial charge in [-0.15, -0.1) is 0 Å². The number of hydrogen-bond donors (Lipinski definition) is 7. The summed E-state index contributed by atoms with van der Waals surface area (Å²) in [6, 6.07) is 13.8. The van der Waals surface area contributed by atoms with Gasteiger partial charge in [-0.1, -0.05) is 42.5 Å². The van der Waals surface area contributed by atoms with Gasteiger partial charge in [0.25, 0.3) is 0 Å². The van der Waals surface area contributed by atoms with Crippen molar-refractivity contribution in [2.45, 2.75) is 67.8 Å². The minimum atomic E-state index is -1.72. The number of rotatable bonds is 8. The minimum absolute atomic E-state index is 0.166. The highest BCUT2D eigenvalue weighted by molar-refractivity contribution is 5.85. The average Bonchev–Trinajstić information content (AvgIpc) is 2.88. The molecule has 2 fully saturated rings. The summed E-state index contributed by atoms with van der Waals surface area (Å²) in [6.07, 6.45) is -14.2. The molecular weight excluding hydrogens is 464 g/mol. The monoisotopic (exact) mass is 496 g/mol.